The van der Waals surface area contributed by atoms with Crippen molar-refractivity contribution in [1.29, 1.82) is 0 Å². The maximum atomic E-state index is 13.0. The van der Waals surface area contributed by atoms with Crippen LogP contribution in [0.2, 0.25) is 0 Å². The van der Waals surface area contributed by atoms with Crippen LogP contribution in [0.3, 0.4) is 0 Å². The quantitative estimate of drug-likeness (QED) is 0.616. The van der Waals surface area contributed by atoms with Crippen molar-refractivity contribution in [2.75, 3.05) is 26.8 Å². The van der Waals surface area contributed by atoms with Crippen molar-refractivity contribution >= 4 is 16.8 Å². The molecule has 2 aromatic carbocycles. The van der Waals surface area contributed by atoms with Crippen LogP contribution in [0.4, 0.5) is 0 Å². The second kappa shape index (κ2) is 8.37. The Morgan fingerprint density at radius 1 is 1.28 bits per heavy atom. The van der Waals surface area contributed by atoms with Crippen LogP contribution in [0.25, 0.3) is 10.9 Å². The van der Waals surface area contributed by atoms with Gasteiger partial charge in [-0.2, -0.15) is 0 Å². The molecule has 0 spiro atoms. The Kier molecular flexibility index (Phi) is 5.40. The van der Waals surface area contributed by atoms with E-state index < -0.39 is 6.10 Å². The number of rotatable bonds is 6. The molecule has 2 fully saturated rings. The maximum absolute atomic E-state index is 13.0. The summed E-state index contributed by atoms with van der Waals surface area (Å²) in [6, 6.07) is 15.1. The molecule has 1 saturated carbocycles. The largest absolute Gasteiger partial charge is 0.497 e. The van der Waals surface area contributed by atoms with Gasteiger partial charge in [0.05, 0.1) is 36.7 Å². The zero-order chi connectivity index (χ0) is 22.1. The van der Waals surface area contributed by atoms with E-state index in [0.717, 1.165) is 24.2 Å². The Balaban J connectivity index is 1.26. The summed E-state index contributed by atoms with van der Waals surface area (Å²) in [6.45, 7) is 2.01. The van der Waals surface area contributed by atoms with Gasteiger partial charge in [0.1, 0.15) is 17.7 Å². The van der Waals surface area contributed by atoms with Crippen molar-refractivity contribution in [2.24, 2.45) is 0 Å². The molecule has 3 aromatic rings. The van der Waals surface area contributed by atoms with E-state index in [0.29, 0.717) is 43.0 Å². The summed E-state index contributed by atoms with van der Waals surface area (Å²) in [4.78, 5) is 34.9. The molecule has 0 radical (unpaired) electrons. The summed E-state index contributed by atoms with van der Waals surface area (Å²) in [6.07, 6.45) is 1.22. The van der Waals surface area contributed by atoms with Gasteiger partial charge in [0, 0.05) is 13.1 Å². The first-order valence-corrected chi connectivity index (χ1v) is 10.8. The number of aromatic nitrogens is 2. The number of carbonyl (C=O) groups excluding carboxylic acids is 1. The lowest BCUT2D eigenvalue weighted by molar-refractivity contribution is -0.140. The van der Waals surface area contributed by atoms with Gasteiger partial charge >= 0.3 is 0 Å². The molecule has 0 bridgehead atoms. The molecule has 1 unspecified atom stereocenters. The number of benzene rings is 2. The molecule has 1 atom stereocenters. The number of carbonyl (C=O) groups is 1. The van der Waals surface area contributed by atoms with Crippen molar-refractivity contribution in [3.8, 4) is 5.75 Å². The first-order chi connectivity index (χ1) is 15.6. The number of ether oxygens (including phenoxy) is 2. The molecule has 2 heterocycles. The predicted octanol–water partition coefficient (Wildman–Crippen LogP) is 1.94. The van der Waals surface area contributed by atoms with Gasteiger partial charge in [0.15, 0.2) is 0 Å². The molecule has 2 aliphatic rings. The fourth-order valence-corrected chi connectivity index (χ4v) is 4.27. The number of nitrogens with zero attached hydrogens (tertiary/aromatic N) is 2. The summed E-state index contributed by atoms with van der Waals surface area (Å²) < 4.78 is 11.1. The third-order valence-corrected chi connectivity index (χ3v) is 6.21. The number of nitrogens with one attached hydrogen (secondary N) is 2. The molecular weight excluding hydrogens is 408 g/mol. The number of hydrogen-bond donors (Lipinski definition) is 2. The van der Waals surface area contributed by atoms with Crippen LogP contribution in [-0.2, 0) is 21.6 Å². The summed E-state index contributed by atoms with van der Waals surface area (Å²) in [5.74, 6) is 1.25. The number of amides is 1. The lowest BCUT2D eigenvalue weighted by Crippen LogP contribution is -2.51. The van der Waals surface area contributed by atoms with Crippen LogP contribution in [0.15, 0.2) is 53.3 Å². The third kappa shape index (κ3) is 4.11. The number of aromatic amines is 1. The van der Waals surface area contributed by atoms with Gasteiger partial charge in [-0.05, 0) is 42.7 Å². The molecule has 8 nitrogen and oxygen atoms in total. The zero-order valence-electron chi connectivity index (χ0n) is 18.0. The van der Waals surface area contributed by atoms with E-state index in [1.807, 2.05) is 42.5 Å². The van der Waals surface area contributed by atoms with E-state index in [4.69, 9.17) is 9.47 Å². The van der Waals surface area contributed by atoms with E-state index in [9.17, 15) is 9.59 Å². The minimum atomic E-state index is -0.570. The topological polar surface area (TPSA) is 96.5 Å². The Labute approximate surface area is 185 Å². The van der Waals surface area contributed by atoms with Crippen LogP contribution >= 0.6 is 0 Å². The van der Waals surface area contributed by atoms with E-state index in [1.54, 1.807) is 13.2 Å². The van der Waals surface area contributed by atoms with E-state index in [2.05, 4.69) is 20.2 Å². The van der Waals surface area contributed by atoms with Crippen molar-refractivity contribution in [2.45, 2.75) is 31.0 Å². The minimum Gasteiger partial charge on any atom is -0.497 e. The minimum absolute atomic E-state index is 0.116. The van der Waals surface area contributed by atoms with Gasteiger partial charge in [-0.15, -0.1) is 0 Å². The molecule has 1 amide bonds. The average Bonchev–Trinajstić information content (AvgIpc) is 3.60. The van der Waals surface area contributed by atoms with Crippen molar-refractivity contribution in [3.05, 3.63) is 70.3 Å². The lowest BCUT2D eigenvalue weighted by atomic mass is 10.0. The van der Waals surface area contributed by atoms with Crippen LogP contribution in [-0.4, -0.2) is 53.7 Å². The second-order valence-corrected chi connectivity index (χ2v) is 8.43. The van der Waals surface area contributed by atoms with Gasteiger partial charge in [0.2, 0.25) is 0 Å². The molecule has 32 heavy (non-hydrogen) atoms. The molecule has 2 N–H and O–H groups in total. The van der Waals surface area contributed by atoms with E-state index in [-0.39, 0.29) is 17.0 Å². The second-order valence-electron chi connectivity index (χ2n) is 8.43. The Hall–Kier alpha value is -3.23. The van der Waals surface area contributed by atoms with Crippen molar-refractivity contribution in [1.82, 2.24) is 20.2 Å². The van der Waals surface area contributed by atoms with Gasteiger partial charge in [-0.3, -0.25) is 14.5 Å². The highest BCUT2D eigenvalue weighted by molar-refractivity contribution is 5.82. The SMILES string of the molecule is COc1cccc(C2(NC(=O)C3CN(Cc4nc5ccccc5c(=O)[nH]4)CCO3)CC2)c1. The Morgan fingerprint density at radius 3 is 2.94 bits per heavy atom. The van der Waals surface area contributed by atoms with Crippen LogP contribution in [0.5, 0.6) is 5.75 Å². The third-order valence-electron chi connectivity index (χ3n) is 6.21. The van der Waals surface area contributed by atoms with Crippen molar-refractivity contribution < 1.29 is 14.3 Å². The molecule has 5 rings (SSSR count). The number of para-hydroxylation sites is 1. The van der Waals surface area contributed by atoms with Crippen LogP contribution in [0.1, 0.15) is 24.2 Å². The highest BCUT2D eigenvalue weighted by Crippen LogP contribution is 2.46. The number of morpholine rings is 1. The summed E-state index contributed by atoms with van der Waals surface area (Å²) in [7, 11) is 1.64. The highest BCUT2D eigenvalue weighted by atomic mass is 16.5. The van der Waals surface area contributed by atoms with Gasteiger partial charge < -0.3 is 19.8 Å². The number of hydrogen-bond acceptors (Lipinski definition) is 6. The first kappa shape index (κ1) is 20.7. The monoisotopic (exact) mass is 434 g/mol. The zero-order valence-corrected chi connectivity index (χ0v) is 18.0. The van der Waals surface area contributed by atoms with Crippen molar-refractivity contribution in [3.63, 3.8) is 0 Å². The predicted molar refractivity (Wildman–Crippen MR) is 119 cm³/mol. The highest BCUT2D eigenvalue weighted by Gasteiger charge is 2.47. The molecule has 8 heteroatoms. The average molecular weight is 434 g/mol. The summed E-state index contributed by atoms with van der Waals surface area (Å²) in [5.41, 5.74) is 1.23. The lowest BCUT2D eigenvalue weighted by Gasteiger charge is -2.32. The number of methoxy groups -OCH3 is 1. The molecule has 1 aromatic heterocycles. The van der Waals surface area contributed by atoms with Crippen LogP contribution in [0, 0.1) is 0 Å². The molecule has 1 aliphatic heterocycles. The Morgan fingerprint density at radius 2 is 2.12 bits per heavy atom. The smallest absolute Gasteiger partial charge is 0.258 e. The van der Waals surface area contributed by atoms with Gasteiger partial charge in [0.25, 0.3) is 11.5 Å². The normalized spacial score (nSPS) is 20.1. The first-order valence-electron chi connectivity index (χ1n) is 10.8. The van der Waals surface area contributed by atoms with Gasteiger partial charge in [-0.25, -0.2) is 4.98 Å². The maximum Gasteiger partial charge on any atom is 0.258 e. The number of H-pyrrole nitrogens is 1. The summed E-state index contributed by atoms with van der Waals surface area (Å²) in [5, 5.41) is 3.77. The fraction of sp³-hybridized carbons (Fsp3) is 0.375. The Bertz CT molecular complexity index is 1200. The molecule has 1 aliphatic carbocycles. The van der Waals surface area contributed by atoms with E-state index in [1.165, 1.54) is 0 Å². The van der Waals surface area contributed by atoms with Crippen LogP contribution < -0.4 is 15.6 Å². The molecule has 1 saturated heterocycles. The van der Waals surface area contributed by atoms with E-state index >= 15 is 0 Å². The molecular formula is C24H26N4O4. The standard InChI is InChI=1S/C24H26N4O4/c1-31-17-6-4-5-16(13-17)24(9-10-24)27-23(30)20-14-28(11-12-32-20)15-21-25-19-8-3-2-7-18(19)22(29)26-21/h2-8,13,20H,9-12,14-15H2,1H3,(H,27,30)(H,25,26,29). The van der Waals surface area contributed by atoms with Gasteiger partial charge in [-0.1, -0.05) is 24.3 Å². The summed E-state index contributed by atoms with van der Waals surface area (Å²) >= 11 is 0. The molecule has 166 valence electrons. The number of fused-ring (bicyclic) bond motifs is 1. The fourth-order valence-electron chi connectivity index (χ4n) is 4.27.